The molecular weight excluding hydrogens is 155 g/mol. The predicted molar refractivity (Wildman–Crippen MR) is 46.3 cm³/mol. The lowest BCUT2D eigenvalue weighted by atomic mass is 10.1. The van der Waals surface area contributed by atoms with E-state index >= 15 is 0 Å². The highest BCUT2D eigenvalue weighted by Crippen LogP contribution is 2.19. The van der Waals surface area contributed by atoms with Gasteiger partial charge < -0.3 is 5.11 Å². The first-order valence-corrected chi connectivity index (χ1v) is 3.76. The molecule has 0 aliphatic heterocycles. The van der Waals surface area contributed by atoms with Crippen LogP contribution in [0.2, 0.25) is 0 Å². The van der Waals surface area contributed by atoms with Gasteiger partial charge in [-0.3, -0.25) is 0 Å². The molecule has 0 bridgehead atoms. The van der Waals surface area contributed by atoms with E-state index in [0.29, 0.717) is 0 Å². The first kappa shape index (κ1) is 8.94. The van der Waals surface area contributed by atoms with Gasteiger partial charge in [-0.2, -0.15) is 0 Å². The van der Waals surface area contributed by atoms with Crippen LogP contribution >= 0.6 is 0 Å². The van der Waals surface area contributed by atoms with Gasteiger partial charge in [0.25, 0.3) is 0 Å². The second-order valence-corrected chi connectivity index (χ2v) is 2.65. The Morgan fingerprint density at radius 1 is 1.42 bits per heavy atom. The van der Waals surface area contributed by atoms with Gasteiger partial charge in [0.15, 0.2) is 0 Å². The number of hydrogen-bond acceptors (Lipinski definition) is 1. The molecule has 0 heterocycles. The Hall–Kier alpha value is -1.15. The third kappa shape index (κ3) is 2.47. The number of rotatable bonds is 3. The van der Waals surface area contributed by atoms with Crippen molar-refractivity contribution in [1.82, 2.24) is 0 Å². The van der Waals surface area contributed by atoms with E-state index in [0.717, 1.165) is 5.56 Å². The molecule has 1 N–H and O–H groups in total. The van der Waals surface area contributed by atoms with Crippen molar-refractivity contribution < 1.29 is 9.50 Å². The Kier molecular flexibility index (Phi) is 3.00. The first-order valence-electron chi connectivity index (χ1n) is 3.76. The fourth-order valence-electron chi connectivity index (χ4n) is 1.00. The van der Waals surface area contributed by atoms with Gasteiger partial charge in [0.2, 0.25) is 0 Å². The highest BCUT2D eigenvalue weighted by atomic mass is 19.1. The van der Waals surface area contributed by atoms with Gasteiger partial charge in [0.05, 0.1) is 11.9 Å². The van der Waals surface area contributed by atoms with E-state index in [1.165, 1.54) is 0 Å². The summed E-state index contributed by atoms with van der Waals surface area (Å²) >= 11 is 0. The predicted octanol–water partition coefficient (Wildman–Crippen LogP) is 2.59. The first-order chi connectivity index (χ1) is 5.70. The molecular formula is C10H11FO. The SMILES string of the molecule is C=C(F)CC(O)c1ccccc1. The quantitative estimate of drug-likeness (QED) is 0.731. The summed E-state index contributed by atoms with van der Waals surface area (Å²) in [5.41, 5.74) is 0.719. The summed E-state index contributed by atoms with van der Waals surface area (Å²) < 4.78 is 12.3. The molecule has 1 atom stereocenters. The van der Waals surface area contributed by atoms with E-state index in [9.17, 15) is 9.50 Å². The van der Waals surface area contributed by atoms with Crippen LogP contribution in [0.4, 0.5) is 4.39 Å². The van der Waals surface area contributed by atoms with Crippen molar-refractivity contribution >= 4 is 0 Å². The van der Waals surface area contributed by atoms with Crippen LogP contribution in [0.5, 0.6) is 0 Å². The fourth-order valence-corrected chi connectivity index (χ4v) is 1.00. The Bertz CT molecular complexity index is 256. The maximum atomic E-state index is 12.3. The van der Waals surface area contributed by atoms with Crippen LogP contribution in [0.25, 0.3) is 0 Å². The molecule has 12 heavy (non-hydrogen) atoms. The second-order valence-electron chi connectivity index (χ2n) is 2.65. The smallest absolute Gasteiger partial charge is 0.0957 e. The summed E-state index contributed by atoms with van der Waals surface area (Å²) in [7, 11) is 0. The van der Waals surface area contributed by atoms with Crippen molar-refractivity contribution in [3.8, 4) is 0 Å². The zero-order valence-electron chi connectivity index (χ0n) is 6.70. The van der Waals surface area contributed by atoms with Crippen molar-refractivity contribution in [2.45, 2.75) is 12.5 Å². The molecule has 0 aromatic heterocycles. The standard InChI is InChI=1S/C10H11FO/c1-8(11)7-10(12)9-5-3-2-4-6-9/h2-6,10,12H,1,7H2. The lowest BCUT2D eigenvalue weighted by Gasteiger charge is -2.07. The Morgan fingerprint density at radius 2 is 2.00 bits per heavy atom. The Morgan fingerprint density at radius 3 is 2.50 bits per heavy atom. The molecule has 64 valence electrons. The van der Waals surface area contributed by atoms with Crippen molar-refractivity contribution in [1.29, 1.82) is 0 Å². The average Bonchev–Trinajstić information content (AvgIpc) is 2.05. The molecule has 0 amide bonds. The molecule has 0 saturated carbocycles. The van der Waals surface area contributed by atoms with Crippen LogP contribution in [0, 0.1) is 0 Å². The summed E-state index contributed by atoms with van der Waals surface area (Å²) in [4.78, 5) is 0. The minimum Gasteiger partial charge on any atom is -0.388 e. The normalized spacial score (nSPS) is 12.5. The highest BCUT2D eigenvalue weighted by molar-refractivity contribution is 5.18. The van der Waals surface area contributed by atoms with Crippen LogP contribution in [-0.2, 0) is 0 Å². The molecule has 1 aromatic carbocycles. The second kappa shape index (κ2) is 4.02. The summed E-state index contributed by atoms with van der Waals surface area (Å²) in [6.45, 7) is 3.09. The third-order valence-electron chi connectivity index (χ3n) is 1.60. The molecule has 0 saturated heterocycles. The number of benzene rings is 1. The van der Waals surface area contributed by atoms with Gasteiger partial charge in [-0.1, -0.05) is 36.9 Å². The lowest BCUT2D eigenvalue weighted by molar-refractivity contribution is 0.171. The monoisotopic (exact) mass is 166 g/mol. The maximum Gasteiger partial charge on any atom is 0.0957 e. The van der Waals surface area contributed by atoms with E-state index in [2.05, 4.69) is 6.58 Å². The number of aliphatic hydroxyl groups is 1. The third-order valence-corrected chi connectivity index (χ3v) is 1.60. The fraction of sp³-hybridized carbons (Fsp3) is 0.200. The van der Waals surface area contributed by atoms with Gasteiger partial charge in [-0.25, -0.2) is 4.39 Å². The van der Waals surface area contributed by atoms with E-state index in [1.807, 2.05) is 6.07 Å². The van der Waals surface area contributed by atoms with Gasteiger partial charge >= 0.3 is 0 Å². The molecule has 2 heteroatoms. The van der Waals surface area contributed by atoms with Crippen molar-refractivity contribution in [2.24, 2.45) is 0 Å². The van der Waals surface area contributed by atoms with E-state index in [1.54, 1.807) is 24.3 Å². The largest absolute Gasteiger partial charge is 0.388 e. The van der Waals surface area contributed by atoms with Gasteiger partial charge in [0, 0.05) is 6.42 Å². The van der Waals surface area contributed by atoms with Gasteiger partial charge in [0.1, 0.15) is 0 Å². The number of aliphatic hydroxyl groups excluding tert-OH is 1. The molecule has 0 aliphatic rings. The summed E-state index contributed by atoms with van der Waals surface area (Å²) in [5.74, 6) is -0.494. The topological polar surface area (TPSA) is 20.2 Å². The molecule has 0 fully saturated rings. The van der Waals surface area contributed by atoms with Gasteiger partial charge in [-0.05, 0) is 5.56 Å². The van der Waals surface area contributed by atoms with Crippen LogP contribution in [0.15, 0.2) is 42.7 Å². The minimum absolute atomic E-state index is 0.0238. The molecule has 1 unspecified atom stereocenters. The number of halogens is 1. The van der Waals surface area contributed by atoms with Crippen LogP contribution in [0.3, 0.4) is 0 Å². The molecule has 0 radical (unpaired) electrons. The van der Waals surface area contributed by atoms with Crippen molar-refractivity contribution in [3.05, 3.63) is 48.3 Å². The van der Waals surface area contributed by atoms with Crippen LogP contribution in [0.1, 0.15) is 18.1 Å². The van der Waals surface area contributed by atoms with E-state index in [4.69, 9.17) is 0 Å². The average molecular weight is 166 g/mol. The molecule has 1 nitrogen and oxygen atoms in total. The van der Waals surface area contributed by atoms with E-state index < -0.39 is 11.9 Å². The van der Waals surface area contributed by atoms with E-state index in [-0.39, 0.29) is 6.42 Å². The van der Waals surface area contributed by atoms with Gasteiger partial charge in [-0.15, -0.1) is 0 Å². The van der Waals surface area contributed by atoms with Crippen molar-refractivity contribution in [3.63, 3.8) is 0 Å². The Labute approximate surface area is 71.2 Å². The lowest BCUT2D eigenvalue weighted by Crippen LogP contribution is -1.96. The van der Waals surface area contributed by atoms with Crippen molar-refractivity contribution in [2.75, 3.05) is 0 Å². The molecule has 1 rings (SSSR count). The molecule has 1 aromatic rings. The zero-order chi connectivity index (χ0) is 8.97. The summed E-state index contributed by atoms with van der Waals surface area (Å²) in [5, 5.41) is 9.39. The van der Waals surface area contributed by atoms with Crippen LogP contribution in [-0.4, -0.2) is 5.11 Å². The highest BCUT2D eigenvalue weighted by Gasteiger charge is 2.07. The Balaban J connectivity index is 2.65. The zero-order valence-corrected chi connectivity index (χ0v) is 6.70. The molecule has 0 aliphatic carbocycles. The number of hydrogen-bond donors (Lipinski definition) is 1. The summed E-state index contributed by atoms with van der Waals surface area (Å²) in [6.07, 6.45) is -0.798. The van der Waals surface area contributed by atoms with Crippen LogP contribution < -0.4 is 0 Å². The minimum atomic E-state index is -0.774. The molecule has 0 spiro atoms. The summed E-state index contributed by atoms with van der Waals surface area (Å²) in [6, 6.07) is 8.97. The maximum absolute atomic E-state index is 12.3.